The molecule has 3 rings (SSSR count). The summed E-state index contributed by atoms with van der Waals surface area (Å²) in [4.78, 5) is 1.02. The molecule has 1 aromatic heterocycles. The third kappa shape index (κ3) is 3.79. The van der Waals surface area contributed by atoms with Crippen LogP contribution in [0.3, 0.4) is 0 Å². The summed E-state index contributed by atoms with van der Waals surface area (Å²) < 4.78 is 54.0. The average molecular weight is 379 g/mol. The first kappa shape index (κ1) is 17.3. The van der Waals surface area contributed by atoms with Gasteiger partial charge in [0.15, 0.2) is 0 Å². The number of nitrogens with zero attached hydrogens (tertiary/aromatic N) is 1. The second kappa shape index (κ2) is 6.44. The van der Waals surface area contributed by atoms with Crippen LogP contribution in [0.15, 0.2) is 16.3 Å². The van der Waals surface area contributed by atoms with E-state index in [1.807, 2.05) is 13.0 Å². The molecule has 0 radical (unpaired) electrons. The topological polar surface area (TPSA) is 83.6 Å². The van der Waals surface area contributed by atoms with Crippen molar-refractivity contribution in [2.45, 2.75) is 54.5 Å². The summed E-state index contributed by atoms with van der Waals surface area (Å²) in [6.45, 7) is 2.72. The molecule has 0 spiro atoms. The van der Waals surface area contributed by atoms with Gasteiger partial charge in [-0.05, 0) is 44.2 Å². The fourth-order valence-corrected chi connectivity index (χ4v) is 7.32. The molecule has 1 aromatic rings. The Morgan fingerprint density at radius 3 is 2.57 bits per heavy atom. The summed E-state index contributed by atoms with van der Waals surface area (Å²) in [6.07, 6.45) is 3.61. The highest BCUT2D eigenvalue weighted by molar-refractivity contribution is 7.91. The first-order valence-electron chi connectivity index (χ1n) is 7.93. The summed E-state index contributed by atoms with van der Waals surface area (Å²) >= 11 is 1.27. The zero-order valence-electron chi connectivity index (χ0n) is 13.1. The summed E-state index contributed by atoms with van der Waals surface area (Å²) in [5.41, 5.74) is 0. The van der Waals surface area contributed by atoms with Crippen molar-refractivity contribution < 1.29 is 16.8 Å². The van der Waals surface area contributed by atoms with Gasteiger partial charge in [-0.15, -0.1) is 11.3 Å². The van der Waals surface area contributed by atoms with Gasteiger partial charge in [-0.3, -0.25) is 0 Å². The van der Waals surface area contributed by atoms with E-state index in [1.165, 1.54) is 15.6 Å². The lowest BCUT2D eigenvalue weighted by Gasteiger charge is -2.32. The highest BCUT2D eigenvalue weighted by Gasteiger charge is 2.42. The molecule has 130 valence electrons. The van der Waals surface area contributed by atoms with E-state index in [4.69, 9.17) is 0 Å². The van der Waals surface area contributed by atoms with E-state index in [1.54, 1.807) is 6.07 Å². The van der Waals surface area contributed by atoms with Gasteiger partial charge in [-0.25, -0.2) is 25.9 Å². The summed E-state index contributed by atoms with van der Waals surface area (Å²) in [7, 11) is -6.82. The van der Waals surface area contributed by atoms with E-state index in [9.17, 15) is 16.8 Å². The van der Waals surface area contributed by atoms with Crippen LogP contribution in [0.25, 0.3) is 0 Å². The maximum Gasteiger partial charge on any atom is 0.250 e. The number of piperidine rings is 1. The molecule has 2 heterocycles. The molecule has 1 aliphatic carbocycles. The SMILES string of the molecule is CCc1ccc(S(=O)(=O)N[C@@H]2CCCN(S(=O)(=O)C3CC3)C2)s1. The molecule has 0 aromatic carbocycles. The van der Waals surface area contributed by atoms with Gasteiger partial charge in [0.25, 0.3) is 0 Å². The minimum atomic E-state index is -3.58. The minimum Gasteiger partial charge on any atom is -0.212 e. The summed E-state index contributed by atoms with van der Waals surface area (Å²) in [6, 6.07) is 3.09. The molecular formula is C14H22N2O4S3. The lowest BCUT2D eigenvalue weighted by atomic mass is 10.1. The number of nitrogens with one attached hydrogen (secondary N) is 1. The predicted octanol–water partition coefficient (Wildman–Crippen LogP) is 1.55. The van der Waals surface area contributed by atoms with Gasteiger partial charge in [-0.1, -0.05) is 6.92 Å². The Morgan fingerprint density at radius 1 is 1.22 bits per heavy atom. The Hall–Kier alpha value is -0.480. The van der Waals surface area contributed by atoms with Crippen molar-refractivity contribution in [1.29, 1.82) is 0 Å². The number of hydrogen-bond acceptors (Lipinski definition) is 5. The molecule has 6 nitrogen and oxygen atoms in total. The number of rotatable bonds is 6. The van der Waals surface area contributed by atoms with Crippen LogP contribution in [0.2, 0.25) is 0 Å². The van der Waals surface area contributed by atoms with E-state index in [-0.39, 0.29) is 17.8 Å². The van der Waals surface area contributed by atoms with E-state index >= 15 is 0 Å². The molecule has 2 aliphatic rings. The predicted molar refractivity (Wildman–Crippen MR) is 90.6 cm³/mol. The fourth-order valence-electron chi connectivity index (χ4n) is 2.82. The molecule has 1 aliphatic heterocycles. The lowest BCUT2D eigenvalue weighted by Crippen LogP contribution is -2.50. The molecule has 1 saturated heterocycles. The Labute approximate surface area is 142 Å². The van der Waals surface area contributed by atoms with Gasteiger partial charge in [0.05, 0.1) is 5.25 Å². The van der Waals surface area contributed by atoms with Crippen molar-refractivity contribution in [1.82, 2.24) is 9.03 Å². The quantitative estimate of drug-likeness (QED) is 0.814. The maximum absolute atomic E-state index is 12.5. The van der Waals surface area contributed by atoms with Crippen LogP contribution in [-0.2, 0) is 26.5 Å². The van der Waals surface area contributed by atoms with Crippen LogP contribution in [0.1, 0.15) is 37.5 Å². The van der Waals surface area contributed by atoms with Gasteiger partial charge in [0.1, 0.15) is 4.21 Å². The van der Waals surface area contributed by atoms with Crippen LogP contribution < -0.4 is 4.72 Å². The maximum atomic E-state index is 12.5. The monoisotopic (exact) mass is 378 g/mol. The van der Waals surface area contributed by atoms with Crippen LogP contribution >= 0.6 is 11.3 Å². The highest BCUT2D eigenvalue weighted by atomic mass is 32.2. The van der Waals surface area contributed by atoms with E-state index in [0.717, 1.165) is 24.1 Å². The lowest BCUT2D eigenvalue weighted by molar-refractivity contribution is 0.303. The molecule has 1 atom stereocenters. The van der Waals surface area contributed by atoms with Crippen LogP contribution in [0, 0.1) is 0 Å². The van der Waals surface area contributed by atoms with Crippen molar-refractivity contribution in [3.63, 3.8) is 0 Å². The molecule has 0 bridgehead atoms. The van der Waals surface area contributed by atoms with Crippen molar-refractivity contribution in [3.05, 3.63) is 17.0 Å². The summed E-state index contributed by atoms with van der Waals surface area (Å²) in [5.74, 6) is 0. The number of hydrogen-bond donors (Lipinski definition) is 1. The average Bonchev–Trinajstić information content (AvgIpc) is 3.25. The van der Waals surface area contributed by atoms with Gasteiger partial charge in [0.2, 0.25) is 20.0 Å². The first-order valence-corrected chi connectivity index (χ1v) is 11.7. The van der Waals surface area contributed by atoms with E-state index in [0.29, 0.717) is 23.6 Å². The van der Waals surface area contributed by atoms with Crippen molar-refractivity contribution in [2.75, 3.05) is 13.1 Å². The van der Waals surface area contributed by atoms with Gasteiger partial charge in [0, 0.05) is 24.0 Å². The Kier molecular flexibility index (Phi) is 4.85. The van der Waals surface area contributed by atoms with Crippen molar-refractivity contribution in [3.8, 4) is 0 Å². The molecule has 2 fully saturated rings. The molecular weight excluding hydrogens is 356 g/mol. The van der Waals surface area contributed by atoms with Crippen LogP contribution in [0.4, 0.5) is 0 Å². The van der Waals surface area contributed by atoms with Gasteiger partial charge < -0.3 is 0 Å². The Balaban J connectivity index is 1.69. The second-order valence-electron chi connectivity index (χ2n) is 6.14. The molecule has 9 heteroatoms. The molecule has 1 saturated carbocycles. The van der Waals surface area contributed by atoms with Gasteiger partial charge in [-0.2, -0.15) is 0 Å². The van der Waals surface area contributed by atoms with Crippen molar-refractivity contribution >= 4 is 31.4 Å². The number of sulfonamides is 2. The normalized spacial score (nSPS) is 24.0. The third-order valence-electron chi connectivity index (χ3n) is 4.26. The standard InChI is InChI=1S/C14H22N2O4S3/c1-2-12-5-8-14(21-12)22(17,18)15-11-4-3-9-16(10-11)23(19,20)13-6-7-13/h5,8,11,13,15H,2-4,6-7,9-10H2,1H3/t11-/m1/s1. The van der Waals surface area contributed by atoms with Gasteiger partial charge >= 0.3 is 0 Å². The molecule has 0 amide bonds. The Morgan fingerprint density at radius 2 is 1.96 bits per heavy atom. The smallest absolute Gasteiger partial charge is 0.212 e. The molecule has 23 heavy (non-hydrogen) atoms. The zero-order valence-corrected chi connectivity index (χ0v) is 15.5. The third-order valence-corrected chi connectivity index (χ3v) is 9.87. The van der Waals surface area contributed by atoms with Crippen molar-refractivity contribution in [2.24, 2.45) is 0 Å². The highest BCUT2D eigenvalue weighted by Crippen LogP contribution is 2.32. The van der Waals surface area contributed by atoms with Crippen LogP contribution in [0.5, 0.6) is 0 Å². The Bertz CT molecular complexity index is 766. The largest absolute Gasteiger partial charge is 0.250 e. The molecule has 0 unspecified atom stereocenters. The first-order chi connectivity index (χ1) is 10.8. The van der Waals surface area contributed by atoms with Crippen LogP contribution in [-0.4, -0.2) is 45.5 Å². The molecule has 1 N–H and O–H groups in total. The number of thiophene rings is 1. The minimum absolute atomic E-state index is 0.240. The second-order valence-corrected chi connectivity index (χ2v) is 11.5. The fraction of sp³-hybridized carbons (Fsp3) is 0.714. The van der Waals surface area contributed by atoms with E-state index < -0.39 is 20.0 Å². The number of aryl methyl sites for hydroxylation is 1. The summed E-state index contributed by atoms with van der Waals surface area (Å²) in [5, 5.41) is -0.248. The zero-order chi connectivity index (χ0) is 16.7. The van der Waals surface area contributed by atoms with E-state index in [2.05, 4.69) is 4.72 Å².